The van der Waals surface area contributed by atoms with Gasteiger partial charge in [-0.15, -0.1) is 0 Å². The van der Waals surface area contributed by atoms with Crippen molar-refractivity contribution in [3.8, 4) is 0 Å². The minimum absolute atomic E-state index is 0.162. The highest BCUT2D eigenvalue weighted by Gasteiger charge is 2.32. The minimum atomic E-state index is -0.307. The summed E-state index contributed by atoms with van der Waals surface area (Å²) in [5.41, 5.74) is 2.05. The van der Waals surface area contributed by atoms with Gasteiger partial charge in [-0.3, -0.25) is 9.59 Å². The number of carbonyl (C=O) groups excluding carboxylic acids is 2. The van der Waals surface area contributed by atoms with Gasteiger partial charge in [0.1, 0.15) is 0 Å². The first-order valence-electron chi connectivity index (χ1n) is 10.7. The quantitative estimate of drug-likeness (QED) is 0.341. The molecular formula is C28H26O4. The molecule has 0 aliphatic carbocycles. The molecule has 0 radical (unpaired) electrons. The highest BCUT2D eigenvalue weighted by Crippen LogP contribution is 2.43. The summed E-state index contributed by atoms with van der Waals surface area (Å²) < 4.78 is 10.1. The van der Waals surface area contributed by atoms with Crippen LogP contribution in [-0.4, -0.2) is 26.2 Å². The van der Waals surface area contributed by atoms with E-state index in [2.05, 4.69) is 36.4 Å². The molecule has 0 saturated heterocycles. The van der Waals surface area contributed by atoms with Crippen molar-refractivity contribution in [2.45, 2.75) is 24.7 Å². The fourth-order valence-electron chi connectivity index (χ4n) is 4.61. The van der Waals surface area contributed by atoms with Crippen LogP contribution >= 0.6 is 0 Å². The van der Waals surface area contributed by atoms with Gasteiger partial charge in [0, 0.05) is 11.8 Å². The van der Waals surface area contributed by atoms with E-state index in [1.165, 1.54) is 14.2 Å². The van der Waals surface area contributed by atoms with Crippen LogP contribution in [-0.2, 0) is 19.1 Å². The Bertz CT molecular complexity index is 1150. The van der Waals surface area contributed by atoms with Crippen molar-refractivity contribution < 1.29 is 19.1 Å². The maximum Gasteiger partial charge on any atom is 0.306 e. The van der Waals surface area contributed by atoms with Crippen molar-refractivity contribution in [2.75, 3.05) is 14.2 Å². The third-order valence-electron chi connectivity index (χ3n) is 6.16. The zero-order valence-electron chi connectivity index (χ0n) is 18.3. The molecule has 4 nitrogen and oxygen atoms in total. The summed E-state index contributed by atoms with van der Waals surface area (Å²) >= 11 is 0. The van der Waals surface area contributed by atoms with Crippen molar-refractivity contribution >= 4 is 33.5 Å². The van der Waals surface area contributed by atoms with Crippen molar-refractivity contribution in [3.63, 3.8) is 0 Å². The van der Waals surface area contributed by atoms with Crippen LogP contribution in [0.4, 0.5) is 0 Å². The van der Waals surface area contributed by atoms with Crippen molar-refractivity contribution in [1.82, 2.24) is 0 Å². The molecule has 4 aromatic carbocycles. The van der Waals surface area contributed by atoms with E-state index in [9.17, 15) is 9.59 Å². The van der Waals surface area contributed by atoms with E-state index >= 15 is 0 Å². The fourth-order valence-corrected chi connectivity index (χ4v) is 4.61. The largest absolute Gasteiger partial charge is 0.469 e. The average Bonchev–Trinajstić information content (AvgIpc) is 2.85. The van der Waals surface area contributed by atoms with Crippen molar-refractivity contribution in [1.29, 1.82) is 0 Å². The predicted octanol–water partition coefficient (Wildman–Crippen LogP) is 5.99. The normalized spacial score (nSPS) is 12.9. The zero-order valence-corrected chi connectivity index (χ0v) is 18.3. The Morgan fingerprint density at radius 3 is 1.38 bits per heavy atom. The van der Waals surface area contributed by atoms with Gasteiger partial charge in [0.05, 0.1) is 27.1 Å². The molecule has 0 heterocycles. The molecule has 0 fully saturated rings. The van der Waals surface area contributed by atoms with Gasteiger partial charge in [-0.05, 0) is 32.7 Å². The lowest BCUT2D eigenvalue weighted by Crippen LogP contribution is -2.20. The maximum absolute atomic E-state index is 12.5. The monoisotopic (exact) mass is 426 g/mol. The van der Waals surface area contributed by atoms with Crippen LogP contribution in [0.25, 0.3) is 21.5 Å². The first-order chi connectivity index (χ1) is 15.6. The van der Waals surface area contributed by atoms with E-state index in [4.69, 9.17) is 9.47 Å². The molecule has 0 amide bonds. The number of hydrogen-bond acceptors (Lipinski definition) is 4. The number of carbonyl (C=O) groups is 2. The van der Waals surface area contributed by atoms with Crippen LogP contribution in [0.3, 0.4) is 0 Å². The molecule has 0 bridgehead atoms. The third-order valence-corrected chi connectivity index (χ3v) is 6.16. The van der Waals surface area contributed by atoms with Gasteiger partial charge in [0.15, 0.2) is 0 Å². The molecule has 4 rings (SSSR count). The molecule has 0 aliphatic heterocycles. The number of ether oxygens (including phenoxy) is 2. The Hall–Kier alpha value is -3.66. The number of rotatable bonds is 7. The third kappa shape index (κ3) is 4.35. The molecule has 4 heteroatoms. The summed E-state index contributed by atoms with van der Waals surface area (Å²) in [6.45, 7) is 0. The standard InChI is InChI=1S/C28H26O4/c1-31-27(29)17-25(23-15-7-11-19-9-3-5-13-21(19)23)26(18-28(30)32-2)24-16-8-12-20-10-4-6-14-22(20)24/h3-16,25-26H,17-18H2,1-2H3/t25-,26-/m0/s1. The summed E-state index contributed by atoms with van der Waals surface area (Å²) in [5, 5.41) is 4.32. The lowest BCUT2D eigenvalue weighted by molar-refractivity contribution is -0.143. The van der Waals surface area contributed by atoms with Crippen LogP contribution in [0.2, 0.25) is 0 Å². The van der Waals surface area contributed by atoms with E-state index in [0.717, 1.165) is 32.7 Å². The second-order valence-corrected chi connectivity index (χ2v) is 7.91. The molecule has 4 aromatic rings. The fraction of sp³-hybridized carbons (Fsp3) is 0.214. The molecule has 32 heavy (non-hydrogen) atoms. The highest BCUT2D eigenvalue weighted by molar-refractivity contribution is 5.89. The Kier molecular flexibility index (Phi) is 6.50. The van der Waals surface area contributed by atoms with Gasteiger partial charge in [0.2, 0.25) is 0 Å². The molecule has 0 aromatic heterocycles. The lowest BCUT2D eigenvalue weighted by Gasteiger charge is -2.29. The van der Waals surface area contributed by atoms with Gasteiger partial charge in [0.25, 0.3) is 0 Å². The van der Waals surface area contributed by atoms with E-state index < -0.39 is 0 Å². The number of benzene rings is 4. The summed E-state index contributed by atoms with van der Waals surface area (Å²) in [4.78, 5) is 25.1. The predicted molar refractivity (Wildman–Crippen MR) is 127 cm³/mol. The summed E-state index contributed by atoms with van der Waals surface area (Å²) in [7, 11) is 2.80. The Morgan fingerprint density at radius 2 is 0.969 bits per heavy atom. The van der Waals surface area contributed by atoms with Gasteiger partial charge >= 0.3 is 11.9 Å². The first-order valence-corrected chi connectivity index (χ1v) is 10.7. The van der Waals surface area contributed by atoms with E-state index in [1.807, 2.05) is 48.5 Å². The highest BCUT2D eigenvalue weighted by atomic mass is 16.5. The Morgan fingerprint density at radius 1 is 0.594 bits per heavy atom. The SMILES string of the molecule is COC(=O)C[C@@H](c1cccc2ccccc12)[C@@H](CC(=O)OC)c1cccc2ccccc12. The molecule has 0 aliphatic rings. The molecule has 0 unspecified atom stereocenters. The second kappa shape index (κ2) is 9.65. The van der Waals surface area contributed by atoms with Gasteiger partial charge < -0.3 is 9.47 Å². The Balaban J connectivity index is 1.95. The van der Waals surface area contributed by atoms with Crippen molar-refractivity contribution in [3.05, 3.63) is 96.1 Å². The van der Waals surface area contributed by atoms with E-state index in [1.54, 1.807) is 0 Å². The zero-order chi connectivity index (χ0) is 22.5. The number of methoxy groups -OCH3 is 2. The summed E-state index contributed by atoms with van der Waals surface area (Å²) in [6, 6.07) is 28.4. The summed E-state index contributed by atoms with van der Waals surface area (Å²) in [5.74, 6) is -1.15. The van der Waals surface area contributed by atoms with Crippen LogP contribution in [0.5, 0.6) is 0 Å². The van der Waals surface area contributed by atoms with Crippen LogP contribution in [0.1, 0.15) is 35.8 Å². The molecule has 2 atom stereocenters. The lowest BCUT2D eigenvalue weighted by atomic mass is 9.75. The number of fused-ring (bicyclic) bond motifs is 2. The molecular weight excluding hydrogens is 400 g/mol. The summed E-state index contributed by atoms with van der Waals surface area (Å²) in [6.07, 6.45) is 0.324. The number of esters is 2. The smallest absolute Gasteiger partial charge is 0.306 e. The average molecular weight is 427 g/mol. The first kappa shape index (κ1) is 21.6. The number of hydrogen-bond donors (Lipinski definition) is 0. The topological polar surface area (TPSA) is 52.6 Å². The molecule has 0 saturated carbocycles. The van der Waals surface area contributed by atoms with E-state index in [-0.39, 0.29) is 36.6 Å². The van der Waals surface area contributed by atoms with Gasteiger partial charge in [-0.25, -0.2) is 0 Å². The molecule has 162 valence electrons. The van der Waals surface area contributed by atoms with Crippen LogP contribution < -0.4 is 0 Å². The molecule has 0 spiro atoms. The van der Waals surface area contributed by atoms with Gasteiger partial charge in [-0.2, -0.15) is 0 Å². The molecule has 0 N–H and O–H groups in total. The minimum Gasteiger partial charge on any atom is -0.469 e. The van der Waals surface area contributed by atoms with Crippen molar-refractivity contribution in [2.24, 2.45) is 0 Å². The van der Waals surface area contributed by atoms with Crippen LogP contribution in [0.15, 0.2) is 84.9 Å². The van der Waals surface area contributed by atoms with Crippen LogP contribution in [0, 0.1) is 0 Å². The van der Waals surface area contributed by atoms with Gasteiger partial charge in [-0.1, -0.05) is 84.9 Å². The maximum atomic E-state index is 12.5. The second-order valence-electron chi connectivity index (χ2n) is 7.91. The Labute approximate surface area is 187 Å². The van der Waals surface area contributed by atoms with E-state index in [0.29, 0.717) is 0 Å².